The average Bonchev–Trinajstić information content (AvgIpc) is 2.48. The van der Waals surface area contributed by atoms with Crippen LogP contribution in [-0.4, -0.2) is 11.9 Å². The summed E-state index contributed by atoms with van der Waals surface area (Å²) in [5, 5.41) is 11.8. The standard InChI is InChI=1S/C16H15N3O/c17-11-13-6-8-14(9-7-13)19-15(16(18)20)10-12-4-2-1-3-5-12/h1-9,15,19H,10H2,(H2,18,20). The highest BCUT2D eigenvalue weighted by Gasteiger charge is 2.15. The van der Waals surface area contributed by atoms with Gasteiger partial charge in [-0.3, -0.25) is 4.79 Å². The minimum atomic E-state index is -0.481. The smallest absolute Gasteiger partial charge is 0.240 e. The largest absolute Gasteiger partial charge is 0.373 e. The number of nitriles is 1. The van der Waals surface area contributed by atoms with Gasteiger partial charge in [0.2, 0.25) is 5.91 Å². The predicted octanol–water partition coefficient (Wildman–Crippen LogP) is 2.07. The number of benzene rings is 2. The molecule has 0 saturated carbocycles. The highest BCUT2D eigenvalue weighted by atomic mass is 16.1. The summed E-state index contributed by atoms with van der Waals surface area (Å²) >= 11 is 0. The van der Waals surface area contributed by atoms with Gasteiger partial charge in [-0.25, -0.2) is 0 Å². The van der Waals surface area contributed by atoms with Crippen molar-refractivity contribution in [2.75, 3.05) is 5.32 Å². The van der Waals surface area contributed by atoms with Gasteiger partial charge in [-0.05, 0) is 29.8 Å². The molecule has 0 aliphatic rings. The Kier molecular flexibility index (Phi) is 4.35. The number of hydrogen-bond donors (Lipinski definition) is 2. The van der Waals surface area contributed by atoms with E-state index in [0.29, 0.717) is 12.0 Å². The number of primary amides is 1. The normalized spacial score (nSPS) is 11.3. The van der Waals surface area contributed by atoms with Gasteiger partial charge in [-0.2, -0.15) is 5.26 Å². The maximum atomic E-state index is 11.5. The number of rotatable bonds is 5. The summed E-state index contributed by atoms with van der Waals surface area (Å²) in [5.41, 5.74) is 7.82. The summed E-state index contributed by atoms with van der Waals surface area (Å²) in [5.74, 6) is -0.404. The molecule has 0 spiro atoms. The number of amides is 1. The summed E-state index contributed by atoms with van der Waals surface area (Å²) in [4.78, 5) is 11.5. The van der Waals surface area contributed by atoms with Crippen molar-refractivity contribution >= 4 is 11.6 Å². The van der Waals surface area contributed by atoms with E-state index in [-0.39, 0.29) is 0 Å². The zero-order chi connectivity index (χ0) is 14.4. The van der Waals surface area contributed by atoms with E-state index in [1.807, 2.05) is 30.3 Å². The van der Waals surface area contributed by atoms with E-state index in [2.05, 4.69) is 11.4 Å². The molecule has 0 saturated heterocycles. The van der Waals surface area contributed by atoms with Gasteiger partial charge in [-0.15, -0.1) is 0 Å². The molecule has 0 aliphatic carbocycles. The van der Waals surface area contributed by atoms with Crippen LogP contribution in [-0.2, 0) is 11.2 Å². The molecule has 3 N–H and O–H groups in total. The first kappa shape index (κ1) is 13.6. The predicted molar refractivity (Wildman–Crippen MR) is 77.9 cm³/mol. The van der Waals surface area contributed by atoms with E-state index >= 15 is 0 Å². The van der Waals surface area contributed by atoms with Crippen molar-refractivity contribution in [3.8, 4) is 6.07 Å². The lowest BCUT2D eigenvalue weighted by atomic mass is 10.1. The lowest BCUT2D eigenvalue weighted by molar-refractivity contribution is -0.118. The summed E-state index contributed by atoms with van der Waals surface area (Å²) in [6, 6.07) is 18.2. The zero-order valence-corrected chi connectivity index (χ0v) is 10.9. The van der Waals surface area contributed by atoms with Gasteiger partial charge < -0.3 is 11.1 Å². The van der Waals surface area contributed by atoms with Crippen LogP contribution >= 0.6 is 0 Å². The highest BCUT2D eigenvalue weighted by Crippen LogP contribution is 2.12. The average molecular weight is 265 g/mol. The van der Waals surface area contributed by atoms with Crippen molar-refractivity contribution in [1.82, 2.24) is 0 Å². The van der Waals surface area contributed by atoms with Gasteiger partial charge >= 0.3 is 0 Å². The first-order valence-corrected chi connectivity index (χ1v) is 6.29. The number of hydrogen-bond acceptors (Lipinski definition) is 3. The Bertz CT molecular complexity index is 614. The lowest BCUT2D eigenvalue weighted by Crippen LogP contribution is -2.37. The summed E-state index contributed by atoms with van der Waals surface area (Å²) in [7, 11) is 0. The zero-order valence-electron chi connectivity index (χ0n) is 10.9. The maximum Gasteiger partial charge on any atom is 0.240 e. The number of nitrogens with two attached hydrogens (primary N) is 1. The second-order valence-corrected chi connectivity index (χ2v) is 4.48. The van der Waals surface area contributed by atoms with Gasteiger partial charge in [0.15, 0.2) is 0 Å². The SMILES string of the molecule is N#Cc1ccc(NC(Cc2ccccc2)C(N)=O)cc1. The van der Waals surface area contributed by atoms with E-state index in [4.69, 9.17) is 11.0 Å². The Hall–Kier alpha value is -2.80. The maximum absolute atomic E-state index is 11.5. The van der Waals surface area contributed by atoms with Crippen LogP contribution in [0, 0.1) is 11.3 Å². The Balaban J connectivity index is 2.09. The molecule has 1 unspecified atom stereocenters. The first-order chi connectivity index (χ1) is 9.69. The quantitative estimate of drug-likeness (QED) is 0.868. The van der Waals surface area contributed by atoms with Crippen LogP contribution in [0.1, 0.15) is 11.1 Å². The Morgan fingerprint density at radius 2 is 1.80 bits per heavy atom. The van der Waals surface area contributed by atoms with Gasteiger partial charge in [0, 0.05) is 12.1 Å². The molecule has 100 valence electrons. The van der Waals surface area contributed by atoms with Crippen molar-refractivity contribution in [3.63, 3.8) is 0 Å². The van der Waals surface area contributed by atoms with Crippen LogP contribution in [0.2, 0.25) is 0 Å². The minimum Gasteiger partial charge on any atom is -0.373 e. The van der Waals surface area contributed by atoms with Gasteiger partial charge in [-0.1, -0.05) is 30.3 Å². The second-order valence-electron chi connectivity index (χ2n) is 4.48. The van der Waals surface area contributed by atoms with Crippen LogP contribution in [0.5, 0.6) is 0 Å². The van der Waals surface area contributed by atoms with Crippen molar-refractivity contribution < 1.29 is 4.79 Å². The van der Waals surface area contributed by atoms with Crippen molar-refractivity contribution in [2.24, 2.45) is 5.73 Å². The topological polar surface area (TPSA) is 78.9 Å². The van der Waals surface area contributed by atoms with Crippen LogP contribution in [0.3, 0.4) is 0 Å². The van der Waals surface area contributed by atoms with Crippen LogP contribution < -0.4 is 11.1 Å². The van der Waals surface area contributed by atoms with Crippen LogP contribution in [0.25, 0.3) is 0 Å². The molecule has 0 radical (unpaired) electrons. The number of nitrogens with one attached hydrogen (secondary N) is 1. The molecule has 4 heteroatoms. The molecule has 0 heterocycles. The summed E-state index contributed by atoms with van der Waals surface area (Å²) in [6.45, 7) is 0. The van der Waals surface area contributed by atoms with Crippen molar-refractivity contribution in [3.05, 3.63) is 65.7 Å². The van der Waals surface area contributed by atoms with Gasteiger partial charge in [0.25, 0.3) is 0 Å². The molecule has 0 aromatic heterocycles. The Labute approximate surface area is 117 Å². The van der Waals surface area contributed by atoms with E-state index in [9.17, 15) is 4.79 Å². The molecular formula is C16H15N3O. The number of carbonyl (C=O) groups is 1. The summed E-state index contributed by atoms with van der Waals surface area (Å²) < 4.78 is 0. The van der Waals surface area contributed by atoms with Gasteiger partial charge in [0.05, 0.1) is 11.6 Å². The fourth-order valence-electron chi connectivity index (χ4n) is 1.91. The van der Waals surface area contributed by atoms with E-state index in [0.717, 1.165) is 11.3 Å². The minimum absolute atomic E-state index is 0.404. The molecule has 4 nitrogen and oxygen atoms in total. The fraction of sp³-hybridized carbons (Fsp3) is 0.125. The third-order valence-electron chi connectivity index (χ3n) is 2.98. The first-order valence-electron chi connectivity index (χ1n) is 6.29. The summed E-state index contributed by atoms with van der Waals surface area (Å²) in [6.07, 6.45) is 0.524. The van der Waals surface area contributed by atoms with Crippen molar-refractivity contribution in [2.45, 2.75) is 12.5 Å². The Morgan fingerprint density at radius 3 is 2.35 bits per heavy atom. The molecule has 2 aromatic carbocycles. The van der Waals surface area contributed by atoms with Crippen LogP contribution in [0.4, 0.5) is 5.69 Å². The van der Waals surface area contributed by atoms with E-state index in [1.54, 1.807) is 24.3 Å². The fourth-order valence-corrected chi connectivity index (χ4v) is 1.91. The lowest BCUT2D eigenvalue weighted by Gasteiger charge is -2.16. The van der Waals surface area contributed by atoms with Crippen molar-refractivity contribution in [1.29, 1.82) is 5.26 Å². The molecule has 0 bridgehead atoms. The second kappa shape index (κ2) is 6.39. The third-order valence-corrected chi connectivity index (χ3v) is 2.98. The Morgan fingerprint density at radius 1 is 1.15 bits per heavy atom. The van der Waals surface area contributed by atoms with E-state index in [1.165, 1.54) is 0 Å². The molecule has 20 heavy (non-hydrogen) atoms. The third kappa shape index (κ3) is 3.59. The molecule has 0 aliphatic heterocycles. The van der Waals surface area contributed by atoms with Crippen LogP contribution in [0.15, 0.2) is 54.6 Å². The molecule has 1 atom stereocenters. The monoisotopic (exact) mass is 265 g/mol. The molecule has 2 rings (SSSR count). The number of carbonyl (C=O) groups excluding carboxylic acids is 1. The number of anilines is 1. The highest BCUT2D eigenvalue weighted by molar-refractivity contribution is 5.83. The molecular weight excluding hydrogens is 250 g/mol. The molecule has 1 amide bonds. The molecule has 0 fully saturated rings. The van der Waals surface area contributed by atoms with E-state index < -0.39 is 11.9 Å². The number of nitrogens with zero attached hydrogens (tertiary/aromatic N) is 1. The molecule has 2 aromatic rings. The van der Waals surface area contributed by atoms with Gasteiger partial charge in [0.1, 0.15) is 6.04 Å².